The van der Waals surface area contributed by atoms with Crippen molar-refractivity contribution in [1.29, 1.82) is 0 Å². The molecule has 1 amide bonds. The summed E-state index contributed by atoms with van der Waals surface area (Å²) in [5, 5.41) is 12.3. The van der Waals surface area contributed by atoms with E-state index in [1.165, 1.54) is 0 Å². The highest BCUT2D eigenvalue weighted by atomic mass is 32.1. The van der Waals surface area contributed by atoms with E-state index < -0.39 is 18.9 Å². The normalized spacial score (nSPS) is 9.88. The zero-order valence-electron chi connectivity index (χ0n) is 8.87. The molecule has 0 aromatic carbocycles. The van der Waals surface area contributed by atoms with E-state index in [-0.39, 0.29) is 6.61 Å². The van der Waals surface area contributed by atoms with Crippen LogP contribution in [0.2, 0.25) is 0 Å². The first kappa shape index (κ1) is 13.6. The van der Waals surface area contributed by atoms with E-state index in [1.54, 1.807) is 11.4 Å². The first-order valence-electron chi connectivity index (χ1n) is 4.88. The number of hydrogen-bond donors (Lipinski definition) is 2. The summed E-state index contributed by atoms with van der Waals surface area (Å²) in [5.41, 5.74) is 0.496. The predicted molar refractivity (Wildman–Crippen MR) is 61.2 cm³/mol. The number of alkyl halides is 2. The molecular weight excluding hydrogens is 248 g/mol. The molecule has 0 saturated heterocycles. The number of carbonyl (C=O) groups excluding carboxylic acids is 1. The second-order valence-electron chi connectivity index (χ2n) is 3.04. The lowest BCUT2D eigenvalue weighted by Gasteiger charge is -2.02. The van der Waals surface area contributed by atoms with E-state index >= 15 is 0 Å². The molecule has 1 aromatic rings. The van der Waals surface area contributed by atoms with Gasteiger partial charge in [-0.2, -0.15) is 0 Å². The second-order valence-corrected chi connectivity index (χ2v) is 3.96. The monoisotopic (exact) mass is 259 g/mol. The maximum atomic E-state index is 11.9. The fourth-order valence-corrected chi connectivity index (χ4v) is 1.81. The number of aliphatic hydroxyl groups is 1. The molecule has 1 rings (SSSR count). The summed E-state index contributed by atoms with van der Waals surface area (Å²) in [4.78, 5) is 11.8. The fourth-order valence-electron chi connectivity index (χ4n) is 1.05. The average molecular weight is 259 g/mol. The highest BCUT2D eigenvalue weighted by Crippen LogP contribution is 2.15. The summed E-state index contributed by atoms with van der Waals surface area (Å²) < 4.78 is 23.8. The number of nitrogens with one attached hydrogen (secondary N) is 1. The van der Waals surface area contributed by atoms with Gasteiger partial charge in [0.15, 0.2) is 0 Å². The van der Waals surface area contributed by atoms with Crippen molar-refractivity contribution < 1.29 is 18.7 Å². The molecule has 0 aliphatic rings. The molecule has 0 saturated carbocycles. The summed E-state index contributed by atoms with van der Waals surface area (Å²) in [6, 6.07) is 1.65. The van der Waals surface area contributed by atoms with Crippen molar-refractivity contribution in [3.8, 4) is 11.8 Å². The third-order valence-corrected chi connectivity index (χ3v) is 2.66. The molecule has 0 unspecified atom stereocenters. The Kier molecular flexibility index (Phi) is 5.60. The summed E-state index contributed by atoms with van der Waals surface area (Å²) in [6.07, 6.45) is -2.25. The summed E-state index contributed by atoms with van der Waals surface area (Å²) in [6.45, 7) is -0.718. The van der Waals surface area contributed by atoms with Gasteiger partial charge < -0.3 is 10.4 Å². The van der Waals surface area contributed by atoms with Gasteiger partial charge in [0.05, 0.1) is 13.2 Å². The van der Waals surface area contributed by atoms with Gasteiger partial charge in [0, 0.05) is 12.0 Å². The number of thiophene rings is 1. The maximum Gasteiger partial charge on any atom is 0.262 e. The fraction of sp³-hybridized carbons (Fsp3) is 0.364. The topological polar surface area (TPSA) is 49.3 Å². The lowest BCUT2D eigenvalue weighted by Crippen LogP contribution is -2.28. The van der Waals surface area contributed by atoms with E-state index in [9.17, 15) is 13.6 Å². The van der Waals surface area contributed by atoms with Crippen molar-refractivity contribution in [1.82, 2.24) is 5.32 Å². The van der Waals surface area contributed by atoms with Crippen molar-refractivity contribution in [2.24, 2.45) is 0 Å². The standard InChI is InChI=1S/C11H11F2NO2S/c12-9(13)7-14-11(16)10-8(4-6-17-10)3-1-2-5-15/h4,6,9,15H,2,5,7H2,(H,14,16). The van der Waals surface area contributed by atoms with Crippen LogP contribution in [0.25, 0.3) is 0 Å². The third-order valence-electron chi connectivity index (χ3n) is 1.75. The molecule has 17 heavy (non-hydrogen) atoms. The first-order chi connectivity index (χ1) is 8.15. The van der Waals surface area contributed by atoms with Gasteiger partial charge in [-0.3, -0.25) is 4.79 Å². The van der Waals surface area contributed by atoms with Gasteiger partial charge >= 0.3 is 0 Å². The zero-order chi connectivity index (χ0) is 12.7. The molecule has 0 atom stereocenters. The van der Waals surface area contributed by atoms with Gasteiger partial charge in [0.1, 0.15) is 4.88 Å². The summed E-state index contributed by atoms with van der Waals surface area (Å²) in [7, 11) is 0. The number of rotatable bonds is 4. The number of amides is 1. The van der Waals surface area contributed by atoms with Crippen LogP contribution in [-0.2, 0) is 0 Å². The zero-order valence-corrected chi connectivity index (χ0v) is 9.69. The molecule has 6 heteroatoms. The van der Waals surface area contributed by atoms with Gasteiger partial charge in [-0.25, -0.2) is 8.78 Å². The lowest BCUT2D eigenvalue weighted by atomic mass is 10.2. The predicted octanol–water partition coefficient (Wildman–Crippen LogP) is 1.48. The minimum atomic E-state index is -2.57. The van der Waals surface area contributed by atoms with Gasteiger partial charge in [-0.1, -0.05) is 11.8 Å². The molecule has 0 spiro atoms. The molecule has 2 N–H and O–H groups in total. The molecule has 0 bridgehead atoms. The Hall–Kier alpha value is -1.45. The molecule has 0 radical (unpaired) electrons. The van der Waals surface area contributed by atoms with Gasteiger partial charge in [-0.15, -0.1) is 11.3 Å². The van der Waals surface area contributed by atoms with Gasteiger partial charge in [0.25, 0.3) is 12.3 Å². The van der Waals surface area contributed by atoms with Crippen molar-refractivity contribution in [2.75, 3.05) is 13.2 Å². The Bertz CT molecular complexity index is 434. The Morgan fingerprint density at radius 2 is 2.35 bits per heavy atom. The Morgan fingerprint density at radius 3 is 3.00 bits per heavy atom. The number of aliphatic hydroxyl groups excluding tert-OH is 1. The minimum absolute atomic E-state index is 0.0515. The first-order valence-corrected chi connectivity index (χ1v) is 5.76. The van der Waals surface area contributed by atoms with E-state index in [0.29, 0.717) is 16.9 Å². The van der Waals surface area contributed by atoms with E-state index in [4.69, 9.17) is 5.11 Å². The SMILES string of the molecule is O=C(NCC(F)F)c1sccc1C#CCCO. The van der Waals surface area contributed by atoms with E-state index in [0.717, 1.165) is 11.3 Å². The Labute approximate surface area is 101 Å². The van der Waals surface area contributed by atoms with E-state index in [1.807, 2.05) is 0 Å². The van der Waals surface area contributed by atoms with Crippen molar-refractivity contribution in [3.63, 3.8) is 0 Å². The molecule has 3 nitrogen and oxygen atoms in total. The molecule has 1 aromatic heterocycles. The third kappa shape index (κ3) is 4.51. The Balaban J connectivity index is 2.68. The molecule has 0 aliphatic carbocycles. The van der Waals surface area contributed by atoms with Crippen LogP contribution in [0.3, 0.4) is 0 Å². The van der Waals surface area contributed by atoms with Gasteiger partial charge in [0.2, 0.25) is 0 Å². The molecule has 1 heterocycles. The second kappa shape index (κ2) is 6.99. The van der Waals surface area contributed by atoms with Crippen LogP contribution in [0.4, 0.5) is 8.78 Å². The minimum Gasteiger partial charge on any atom is -0.395 e. The van der Waals surface area contributed by atoms with Crippen LogP contribution in [0, 0.1) is 11.8 Å². The van der Waals surface area contributed by atoms with Crippen LogP contribution in [0.15, 0.2) is 11.4 Å². The smallest absolute Gasteiger partial charge is 0.262 e. The Morgan fingerprint density at radius 1 is 1.59 bits per heavy atom. The average Bonchev–Trinajstić information content (AvgIpc) is 2.74. The van der Waals surface area contributed by atoms with Crippen LogP contribution in [-0.4, -0.2) is 30.6 Å². The highest BCUT2D eigenvalue weighted by molar-refractivity contribution is 7.12. The van der Waals surface area contributed by atoms with Crippen LogP contribution < -0.4 is 5.32 Å². The van der Waals surface area contributed by atoms with Gasteiger partial charge in [-0.05, 0) is 11.4 Å². The van der Waals surface area contributed by atoms with Crippen molar-refractivity contribution in [2.45, 2.75) is 12.8 Å². The molecule has 0 fully saturated rings. The number of hydrogen-bond acceptors (Lipinski definition) is 3. The van der Waals surface area contributed by atoms with Crippen molar-refractivity contribution in [3.05, 3.63) is 21.9 Å². The summed E-state index contributed by atoms with van der Waals surface area (Å²) >= 11 is 1.15. The molecular formula is C11H11F2NO2S. The number of carbonyl (C=O) groups is 1. The maximum absolute atomic E-state index is 11.9. The van der Waals surface area contributed by atoms with Crippen molar-refractivity contribution >= 4 is 17.2 Å². The highest BCUT2D eigenvalue weighted by Gasteiger charge is 2.13. The lowest BCUT2D eigenvalue weighted by molar-refractivity contribution is 0.0895. The quantitative estimate of drug-likeness (QED) is 0.805. The summed E-state index contributed by atoms with van der Waals surface area (Å²) in [5.74, 6) is 4.84. The van der Waals surface area contributed by atoms with E-state index in [2.05, 4.69) is 17.2 Å². The largest absolute Gasteiger partial charge is 0.395 e. The van der Waals surface area contributed by atoms with Crippen LogP contribution >= 0.6 is 11.3 Å². The molecule has 92 valence electrons. The molecule has 0 aliphatic heterocycles. The number of halogens is 2. The van der Waals surface area contributed by atoms with Crippen LogP contribution in [0.5, 0.6) is 0 Å². The van der Waals surface area contributed by atoms with Crippen LogP contribution in [0.1, 0.15) is 21.7 Å².